The van der Waals surface area contributed by atoms with Gasteiger partial charge < -0.3 is 0 Å². The second kappa shape index (κ2) is 20.0. The van der Waals surface area contributed by atoms with Crippen LogP contribution in [0.2, 0.25) is 0 Å². The van der Waals surface area contributed by atoms with Crippen LogP contribution < -0.4 is 21.2 Å². The van der Waals surface area contributed by atoms with E-state index >= 15 is 0 Å². The normalized spacial score (nSPS) is 10.1. The number of rotatable bonds is 6. The van der Waals surface area contributed by atoms with Crippen LogP contribution in [-0.4, -0.2) is 0 Å². The monoisotopic (exact) mass is 700 g/mol. The van der Waals surface area contributed by atoms with Crippen LogP contribution in [0, 0.1) is 20.0 Å². The molecule has 0 atom stereocenters. The minimum Gasteiger partial charge on any atom is 0 e. The molecule has 0 saturated heterocycles. The molecule has 0 aromatic heterocycles. The van der Waals surface area contributed by atoms with Crippen molar-refractivity contribution in [2.24, 2.45) is 0 Å². The zero-order chi connectivity index (χ0) is 33.4. The molecular weight excluding hydrogens is 670 g/mol. The summed E-state index contributed by atoms with van der Waals surface area (Å²) in [7, 11) is -2.78. The number of benzene rings is 6. The van der Waals surface area contributed by atoms with Crippen LogP contribution in [0.15, 0.2) is 181 Å². The van der Waals surface area contributed by atoms with Gasteiger partial charge in [0.1, 0.15) is 37.1 Å². The quantitative estimate of drug-likeness (QED) is 0.0553. The molecule has 6 heteroatoms. The van der Waals surface area contributed by atoms with E-state index in [0.717, 1.165) is 0 Å². The minimum absolute atomic E-state index is 0. The van der Waals surface area contributed by atoms with Gasteiger partial charge in [-0.15, -0.1) is 0 Å². The van der Waals surface area contributed by atoms with Gasteiger partial charge >= 0.3 is 33.9 Å². The van der Waals surface area contributed by atoms with E-state index in [4.69, 9.17) is 14.0 Å². The van der Waals surface area contributed by atoms with Crippen molar-refractivity contribution in [2.45, 2.75) is 0 Å². The average Bonchev–Trinajstić information content (AvgIpc) is 3.49. The first-order chi connectivity index (χ1) is 23.4. The molecule has 6 aromatic carbocycles. The molecule has 0 bridgehead atoms. The van der Waals surface area contributed by atoms with Gasteiger partial charge in [0.25, 0.3) is 5.06 Å². The van der Waals surface area contributed by atoms with Crippen LogP contribution >= 0.6 is 15.8 Å². The van der Waals surface area contributed by atoms with Gasteiger partial charge in [0, 0.05) is 22.6 Å². The Morgan fingerprint density at radius 1 is 0.354 bits per heavy atom. The van der Waals surface area contributed by atoms with Crippen molar-refractivity contribution in [3.05, 3.63) is 212 Å². The molecule has 7 rings (SSSR count). The van der Waals surface area contributed by atoms with Crippen molar-refractivity contribution in [1.82, 2.24) is 0 Å². The maximum atomic E-state index is 7.50. The average molecular weight is 700 g/mol. The molecule has 0 amide bonds. The Bertz CT molecular complexity index is 1790. The topological polar surface area (TPSA) is 59.7 Å². The van der Waals surface area contributed by atoms with Gasteiger partial charge in [-0.1, -0.05) is 121 Å². The molecule has 0 unspecified atom stereocenters. The summed E-state index contributed by atoms with van der Waals surface area (Å²) in [5.41, 5.74) is 10.6. The second-order valence-corrected chi connectivity index (χ2v) is 15.5. The molecule has 48 heavy (non-hydrogen) atoms. The summed E-state index contributed by atoms with van der Waals surface area (Å²) in [5, 5.41) is 7.00. The first-order valence-electron chi connectivity index (χ1n) is 14.7. The molecule has 0 saturated carbocycles. The van der Waals surface area contributed by atoms with E-state index in [1.165, 1.54) is 54.1 Å². The molecule has 0 fully saturated rings. The van der Waals surface area contributed by atoms with Crippen LogP contribution in [0.1, 0.15) is 11.1 Å². The summed E-state index contributed by atoms with van der Waals surface area (Å²) in [6, 6.07) is 62.2. The molecule has 0 spiro atoms. The fourth-order valence-electron chi connectivity index (χ4n) is 5.86. The number of hydrogen-bond donors (Lipinski definition) is 0. The van der Waals surface area contributed by atoms with Gasteiger partial charge in [0.15, 0.2) is 0 Å². The Morgan fingerprint density at radius 3 is 0.854 bits per heavy atom. The van der Waals surface area contributed by atoms with E-state index in [0.29, 0.717) is 0 Å². The van der Waals surface area contributed by atoms with Crippen molar-refractivity contribution in [1.29, 1.82) is 0 Å². The van der Waals surface area contributed by atoms with Gasteiger partial charge in [0.2, 0.25) is 0 Å². The van der Waals surface area contributed by atoms with Gasteiger partial charge in [-0.3, -0.25) is 0 Å². The summed E-state index contributed by atoms with van der Waals surface area (Å²) < 4.78 is 22.5. The van der Waals surface area contributed by atoms with Crippen molar-refractivity contribution in [2.75, 3.05) is 0 Å². The van der Waals surface area contributed by atoms with Crippen LogP contribution in [0.3, 0.4) is 0 Å². The van der Waals surface area contributed by atoms with Gasteiger partial charge in [0.05, 0.1) is 0 Å². The molecule has 0 aliphatic heterocycles. The van der Waals surface area contributed by atoms with E-state index in [9.17, 15) is 0 Å². The zero-order valence-corrected chi connectivity index (χ0v) is 28.8. The number of fused-ring (bicyclic) bond motifs is 3. The van der Waals surface area contributed by atoms with Crippen molar-refractivity contribution >= 4 is 42.6 Å². The third-order valence-electron chi connectivity index (χ3n) is 7.68. The van der Waals surface area contributed by atoms with Crippen LogP contribution in [0.4, 0.5) is 0 Å². The smallest absolute Gasteiger partial charge is 0 e. The third-order valence-corrected chi connectivity index (χ3v) is 14.1. The first-order valence-corrected chi connectivity index (χ1v) is 17.7. The summed E-state index contributed by atoms with van der Waals surface area (Å²) in [6.45, 7) is 13.5. The van der Waals surface area contributed by atoms with Gasteiger partial charge in [-0.05, 0) is 76.5 Å². The Labute approximate surface area is 295 Å². The molecule has 232 valence electrons. The van der Waals surface area contributed by atoms with E-state index < -0.39 is 15.8 Å². The Kier molecular flexibility index (Phi) is 15.7. The summed E-state index contributed by atoms with van der Waals surface area (Å²) in [5.74, 6) is 0. The van der Waals surface area contributed by atoms with E-state index in [2.05, 4.69) is 196 Å². The molecule has 0 N–H and O–H groups in total. The predicted molar refractivity (Wildman–Crippen MR) is 194 cm³/mol. The SMILES string of the molecule is C(=C1c2ccccc2-c2ccccc21)=C([PH+](c1ccccc1)c1ccccc1)[PH+](c1ccccc1)c1ccccc1.[C-]#[O+].[C-]#[O+].[C-]#[O+].[Fe]. The Balaban J connectivity index is 0.000000847. The van der Waals surface area contributed by atoms with E-state index in [1.807, 2.05) is 0 Å². The molecular formula is C42H30FeO3P2+2. The fourth-order valence-corrected chi connectivity index (χ4v) is 13.0. The number of hydrogen-bond acceptors (Lipinski definition) is 0. The van der Waals surface area contributed by atoms with E-state index in [1.54, 1.807) is 0 Å². The van der Waals surface area contributed by atoms with Crippen LogP contribution in [-0.2, 0) is 31.0 Å². The van der Waals surface area contributed by atoms with Gasteiger partial charge in [-0.2, -0.15) is 0 Å². The van der Waals surface area contributed by atoms with Crippen molar-refractivity contribution in [3.63, 3.8) is 0 Å². The first kappa shape index (κ1) is 37.9. The maximum Gasteiger partial charge on any atom is 0 e. The van der Waals surface area contributed by atoms with E-state index in [-0.39, 0.29) is 17.1 Å². The molecule has 0 radical (unpaired) electrons. The fraction of sp³-hybridized carbons (Fsp3) is 0. The molecule has 1 aliphatic rings. The Hall–Kier alpha value is -4.56. The zero-order valence-electron chi connectivity index (χ0n) is 25.7. The second-order valence-electron chi connectivity index (χ2n) is 10.2. The summed E-state index contributed by atoms with van der Waals surface area (Å²) >= 11 is 0. The molecule has 0 heterocycles. The van der Waals surface area contributed by atoms with Crippen molar-refractivity contribution in [3.8, 4) is 11.1 Å². The maximum absolute atomic E-state index is 7.50. The standard InChI is InChI=1S/C39H28P2.3CO.Fe/c1-5-17-30(18-6-1)40(31-19-7-2-8-20-31)39(41(32-21-9-3-10-22-32)33-23-11-4-12-24-33)29-38-36-27-15-13-25-34(36)35-26-14-16-28-37(35)38;3*1-2;/h1-28H;;;;/p+2. The minimum atomic E-state index is -1.39. The third kappa shape index (κ3) is 8.47. The molecule has 1 aliphatic carbocycles. The predicted octanol–water partition coefficient (Wildman–Crippen LogP) is 8.15. The molecule has 6 aromatic rings. The Morgan fingerprint density at radius 2 is 0.583 bits per heavy atom. The van der Waals surface area contributed by atoms with Crippen molar-refractivity contribution < 1.29 is 31.0 Å². The molecule has 3 nitrogen and oxygen atoms in total. The largest absolute Gasteiger partial charge is 0 e. The van der Waals surface area contributed by atoms with Crippen LogP contribution in [0.25, 0.3) is 16.7 Å². The summed E-state index contributed by atoms with van der Waals surface area (Å²) in [6.07, 6.45) is 0. The van der Waals surface area contributed by atoms with Gasteiger partial charge in [-0.25, -0.2) is 0 Å². The van der Waals surface area contributed by atoms with Crippen LogP contribution in [0.5, 0.6) is 0 Å². The summed E-state index contributed by atoms with van der Waals surface area (Å²) in [4.78, 5) is 0.